The second kappa shape index (κ2) is 9.63. The molecule has 1 N–H and O–H groups in total. The van der Waals surface area contributed by atoms with E-state index >= 15 is 0 Å². The van der Waals surface area contributed by atoms with E-state index < -0.39 is 0 Å². The second-order valence-corrected chi connectivity index (χ2v) is 8.39. The Hall–Kier alpha value is -3.02. The molecule has 5 nitrogen and oxygen atoms in total. The molecule has 1 heterocycles. The van der Waals surface area contributed by atoms with E-state index in [4.69, 9.17) is 32.4 Å². The third-order valence-electron chi connectivity index (χ3n) is 5.26. The molecule has 0 aliphatic heterocycles. The number of benzene rings is 3. The van der Waals surface area contributed by atoms with Gasteiger partial charge in [-0.15, -0.1) is 0 Å². The van der Waals surface area contributed by atoms with E-state index in [2.05, 4.69) is 24.1 Å². The maximum Gasteiger partial charge on any atom is 0.262 e. The minimum atomic E-state index is -0.243. The SMILES string of the molecule is CCC(C)c1ccc(OCC(=O)Nc2ccc(-c3nc4cc(Cl)cc(Cl)c4o3)cc2)cc1. The zero-order valence-electron chi connectivity index (χ0n) is 17.7. The van der Waals surface area contributed by atoms with Gasteiger partial charge < -0.3 is 14.5 Å². The Morgan fingerprint density at radius 3 is 2.50 bits per heavy atom. The number of anilines is 1. The molecule has 0 saturated carbocycles. The summed E-state index contributed by atoms with van der Waals surface area (Å²) in [6.07, 6.45) is 1.08. The minimum Gasteiger partial charge on any atom is -0.484 e. The second-order valence-electron chi connectivity index (χ2n) is 7.55. The predicted molar refractivity (Wildman–Crippen MR) is 129 cm³/mol. The van der Waals surface area contributed by atoms with Crippen LogP contribution in [-0.4, -0.2) is 17.5 Å². The monoisotopic (exact) mass is 468 g/mol. The smallest absolute Gasteiger partial charge is 0.262 e. The normalized spacial score (nSPS) is 12.0. The maximum atomic E-state index is 12.3. The van der Waals surface area contributed by atoms with E-state index in [0.717, 1.165) is 12.0 Å². The van der Waals surface area contributed by atoms with Crippen molar-refractivity contribution in [3.63, 3.8) is 0 Å². The van der Waals surface area contributed by atoms with Gasteiger partial charge in [-0.3, -0.25) is 4.79 Å². The van der Waals surface area contributed by atoms with Gasteiger partial charge in [-0.1, -0.05) is 49.2 Å². The number of fused-ring (bicyclic) bond motifs is 1. The van der Waals surface area contributed by atoms with E-state index in [9.17, 15) is 4.79 Å². The largest absolute Gasteiger partial charge is 0.484 e. The molecule has 4 rings (SSSR count). The average Bonchev–Trinajstić information content (AvgIpc) is 3.22. The fourth-order valence-electron chi connectivity index (χ4n) is 3.25. The van der Waals surface area contributed by atoms with Crippen LogP contribution in [-0.2, 0) is 4.79 Å². The molecule has 1 unspecified atom stereocenters. The summed E-state index contributed by atoms with van der Waals surface area (Å²) in [5, 5.41) is 3.72. The molecule has 3 aromatic carbocycles. The van der Waals surface area contributed by atoms with Crippen molar-refractivity contribution in [1.82, 2.24) is 4.98 Å². The Balaban J connectivity index is 1.36. The van der Waals surface area contributed by atoms with Gasteiger partial charge in [0.15, 0.2) is 12.2 Å². The Morgan fingerprint density at radius 2 is 1.81 bits per heavy atom. The molecular weight excluding hydrogens is 447 g/mol. The molecule has 0 aliphatic carbocycles. The van der Waals surface area contributed by atoms with Crippen molar-refractivity contribution < 1.29 is 13.9 Å². The molecule has 0 aliphatic rings. The Kier molecular flexibility index (Phi) is 6.68. The number of carbonyl (C=O) groups excluding carboxylic acids is 1. The lowest BCUT2D eigenvalue weighted by molar-refractivity contribution is -0.118. The van der Waals surface area contributed by atoms with Gasteiger partial charge in [0.25, 0.3) is 5.91 Å². The number of amides is 1. The molecule has 164 valence electrons. The van der Waals surface area contributed by atoms with Gasteiger partial charge in [-0.25, -0.2) is 4.98 Å². The highest BCUT2D eigenvalue weighted by Gasteiger charge is 2.13. The summed E-state index contributed by atoms with van der Waals surface area (Å²) in [6, 6.07) is 18.3. The van der Waals surface area contributed by atoms with Crippen LogP contribution < -0.4 is 10.1 Å². The van der Waals surface area contributed by atoms with Crippen LogP contribution in [0.25, 0.3) is 22.6 Å². The highest BCUT2D eigenvalue weighted by molar-refractivity contribution is 6.38. The lowest BCUT2D eigenvalue weighted by atomic mass is 9.99. The van der Waals surface area contributed by atoms with E-state index in [-0.39, 0.29) is 12.5 Å². The summed E-state index contributed by atoms with van der Waals surface area (Å²) < 4.78 is 11.4. The molecule has 0 radical (unpaired) electrons. The zero-order valence-corrected chi connectivity index (χ0v) is 19.2. The highest BCUT2D eigenvalue weighted by Crippen LogP contribution is 2.32. The van der Waals surface area contributed by atoms with E-state index in [0.29, 0.717) is 44.4 Å². The predicted octanol–water partition coefficient (Wildman–Crippen LogP) is 7.33. The van der Waals surface area contributed by atoms with Crippen molar-refractivity contribution in [2.24, 2.45) is 0 Å². The Labute approximate surface area is 196 Å². The number of nitrogens with one attached hydrogen (secondary N) is 1. The third kappa shape index (κ3) is 5.06. The fraction of sp³-hybridized carbons (Fsp3) is 0.200. The van der Waals surface area contributed by atoms with Gasteiger partial charge in [-0.05, 0) is 66.4 Å². The number of hydrogen-bond acceptors (Lipinski definition) is 4. The molecule has 0 spiro atoms. The van der Waals surface area contributed by atoms with E-state index in [1.807, 2.05) is 36.4 Å². The Morgan fingerprint density at radius 1 is 1.09 bits per heavy atom. The number of rotatable bonds is 7. The van der Waals surface area contributed by atoms with Gasteiger partial charge >= 0.3 is 0 Å². The first kappa shape index (κ1) is 22.2. The van der Waals surface area contributed by atoms with Gasteiger partial charge in [0.1, 0.15) is 11.3 Å². The average molecular weight is 469 g/mol. The molecule has 0 bridgehead atoms. The van der Waals surface area contributed by atoms with Gasteiger partial charge in [0.05, 0.1) is 5.02 Å². The Bertz CT molecular complexity index is 1230. The lowest BCUT2D eigenvalue weighted by Gasteiger charge is -2.11. The van der Waals surface area contributed by atoms with Crippen LogP contribution in [0, 0.1) is 0 Å². The summed E-state index contributed by atoms with van der Waals surface area (Å²) >= 11 is 12.2. The number of nitrogens with zero attached hydrogens (tertiary/aromatic N) is 1. The van der Waals surface area contributed by atoms with Crippen LogP contribution in [0.4, 0.5) is 5.69 Å². The highest BCUT2D eigenvalue weighted by atomic mass is 35.5. The summed E-state index contributed by atoms with van der Waals surface area (Å²) in [6.45, 7) is 4.27. The molecule has 0 fully saturated rings. The van der Waals surface area contributed by atoms with Crippen LogP contribution in [0.2, 0.25) is 10.0 Å². The molecule has 1 amide bonds. The number of halogens is 2. The zero-order chi connectivity index (χ0) is 22.7. The van der Waals surface area contributed by atoms with Crippen molar-refractivity contribution in [3.05, 3.63) is 76.3 Å². The van der Waals surface area contributed by atoms with Crippen molar-refractivity contribution in [1.29, 1.82) is 0 Å². The van der Waals surface area contributed by atoms with Crippen LogP contribution in [0.1, 0.15) is 31.7 Å². The summed E-state index contributed by atoms with van der Waals surface area (Å²) in [7, 11) is 0. The standard InChI is InChI=1S/C25H22Cl2N2O3/c1-3-15(2)16-6-10-20(11-7-16)31-14-23(30)28-19-8-4-17(5-9-19)25-29-22-13-18(26)12-21(27)24(22)32-25/h4-13,15H,3,14H2,1-2H3,(H,28,30). The summed E-state index contributed by atoms with van der Waals surface area (Å²) in [5.74, 6) is 1.34. The van der Waals surface area contributed by atoms with Crippen molar-refractivity contribution >= 4 is 45.9 Å². The van der Waals surface area contributed by atoms with Crippen LogP contribution >= 0.6 is 23.2 Å². The quantitative estimate of drug-likeness (QED) is 0.308. The number of carbonyl (C=O) groups is 1. The number of oxazole rings is 1. The molecule has 1 atom stereocenters. The van der Waals surface area contributed by atoms with Crippen molar-refractivity contribution in [3.8, 4) is 17.2 Å². The first-order valence-electron chi connectivity index (χ1n) is 10.3. The van der Waals surface area contributed by atoms with Gasteiger partial charge in [0.2, 0.25) is 5.89 Å². The van der Waals surface area contributed by atoms with Crippen LogP contribution in [0.15, 0.2) is 65.1 Å². The van der Waals surface area contributed by atoms with E-state index in [1.165, 1.54) is 5.56 Å². The van der Waals surface area contributed by atoms with Gasteiger partial charge in [0, 0.05) is 16.3 Å². The minimum absolute atomic E-state index is 0.0746. The number of hydrogen-bond donors (Lipinski definition) is 1. The van der Waals surface area contributed by atoms with Crippen molar-refractivity contribution in [2.45, 2.75) is 26.2 Å². The van der Waals surface area contributed by atoms with Crippen LogP contribution in [0.3, 0.4) is 0 Å². The maximum absolute atomic E-state index is 12.3. The lowest BCUT2D eigenvalue weighted by Crippen LogP contribution is -2.20. The fourth-order valence-corrected chi connectivity index (χ4v) is 3.77. The molecular formula is C25H22Cl2N2O3. The molecule has 4 aromatic rings. The number of ether oxygens (including phenoxy) is 1. The first-order valence-corrected chi connectivity index (χ1v) is 11.1. The molecule has 1 aromatic heterocycles. The van der Waals surface area contributed by atoms with Gasteiger partial charge in [-0.2, -0.15) is 0 Å². The molecule has 0 saturated heterocycles. The summed E-state index contributed by atoms with van der Waals surface area (Å²) in [4.78, 5) is 16.7. The molecule has 7 heteroatoms. The van der Waals surface area contributed by atoms with E-state index in [1.54, 1.807) is 24.3 Å². The summed E-state index contributed by atoms with van der Waals surface area (Å²) in [5.41, 5.74) is 3.73. The topological polar surface area (TPSA) is 64.4 Å². The van der Waals surface area contributed by atoms with Crippen molar-refractivity contribution in [2.75, 3.05) is 11.9 Å². The third-order valence-corrected chi connectivity index (χ3v) is 5.76. The first-order chi connectivity index (χ1) is 15.4. The number of aromatic nitrogens is 1. The molecule has 32 heavy (non-hydrogen) atoms. The van der Waals surface area contributed by atoms with Crippen LogP contribution in [0.5, 0.6) is 5.75 Å².